The summed E-state index contributed by atoms with van der Waals surface area (Å²) in [6.07, 6.45) is 5.87. The molecule has 28 heavy (non-hydrogen) atoms. The molecule has 3 heterocycles. The highest BCUT2D eigenvalue weighted by atomic mass is 35.5. The predicted molar refractivity (Wildman–Crippen MR) is 107 cm³/mol. The number of hydrogen-bond donors (Lipinski definition) is 2. The van der Waals surface area contributed by atoms with Gasteiger partial charge < -0.3 is 19.3 Å². The van der Waals surface area contributed by atoms with E-state index in [1.54, 1.807) is 18.6 Å². The van der Waals surface area contributed by atoms with Crippen molar-refractivity contribution in [3.63, 3.8) is 0 Å². The van der Waals surface area contributed by atoms with E-state index >= 15 is 0 Å². The molecule has 1 unspecified atom stereocenters. The lowest BCUT2D eigenvalue weighted by molar-refractivity contribution is 0.120. The first kappa shape index (κ1) is 19.6. The molecule has 3 aromatic rings. The summed E-state index contributed by atoms with van der Waals surface area (Å²) in [5.74, 6) is 0.624. The molecule has 8 nitrogen and oxygen atoms in total. The summed E-state index contributed by atoms with van der Waals surface area (Å²) in [5, 5.41) is 1.57. The largest absolute Gasteiger partial charge is 0.469 e. The zero-order valence-electron chi connectivity index (χ0n) is 14.6. The number of anilines is 1. The second-order valence-electron chi connectivity index (χ2n) is 6.53. The summed E-state index contributed by atoms with van der Waals surface area (Å²) in [6.45, 7) is 0.992. The van der Waals surface area contributed by atoms with Gasteiger partial charge in [0.15, 0.2) is 0 Å². The van der Waals surface area contributed by atoms with Gasteiger partial charge in [0.25, 0.3) is 0 Å². The van der Waals surface area contributed by atoms with Crippen LogP contribution in [0.15, 0.2) is 36.9 Å². The molecule has 0 radical (unpaired) electrons. The molecule has 0 spiro atoms. The van der Waals surface area contributed by atoms with E-state index in [4.69, 9.17) is 37.5 Å². The lowest BCUT2D eigenvalue weighted by Gasteiger charge is -2.33. The molecule has 1 aliphatic rings. The SMILES string of the molecule is O=P(O)(O)OC1CCCN(c2cc(-n3ccnc3)c3ccc(Cl)c(Cl)c3n2)C1. The van der Waals surface area contributed by atoms with Crippen LogP contribution in [0.1, 0.15) is 12.8 Å². The van der Waals surface area contributed by atoms with Crippen LogP contribution in [0.2, 0.25) is 10.0 Å². The van der Waals surface area contributed by atoms with E-state index in [1.807, 2.05) is 27.8 Å². The molecule has 1 aromatic carbocycles. The van der Waals surface area contributed by atoms with Gasteiger partial charge in [-0.25, -0.2) is 14.5 Å². The summed E-state index contributed by atoms with van der Waals surface area (Å²) < 4.78 is 18.0. The third kappa shape index (κ3) is 4.03. The molecule has 1 aliphatic heterocycles. The highest BCUT2D eigenvalue weighted by Crippen LogP contribution is 2.40. The number of nitrogens with zero attached hydrogens (tertiary/aromatic N) is 4. The number of rotatable bonds is 4. The van der Waals surface area contributed by atoms with Crippen LogP contribution in [0.3, 0.4) is 0 Å². The summed E-state index contributed by atoms with van der Waals surface area (Å²) in [7, 11) is -4.55. The number of pyridine rings is 1. The van der Waals surface area contributed by atoms with Crippen LogP contribution in [-0.4, -0.2) is 43.5 Å². The Balaban J connectivity index is 1.79. The number of piperidine rings is 1. The minimum absolute atomic E-state index is 0.311. The topological polar surface area (TPSA) is 101 Å². The van der Waals surface area contributed by atoms with Crippen molar-refractivity contribution in [1.82, 2.24) is 14.5 Å². The van der Waals surface area contributed by atoms with Crippen molar-refractivity contribution >= 4 is 47.7 Å². The molecule has 2 N–H and O–H groups in total. The van der Waals surface area contributed by atoms with E-state index in [2.05, 4.69) is 9.97 Å². The van der Waals surface area contributed by atoms with Crippen LogP contribution in [0, 0.1) is 0 Å². The normalized spacial score (nSPS) is 18.0. The maximum atomic E-state index is 11.2. The number of benzene rings is 1. The first-order valence-corrected chi connectivity index (χ1v) is 10.9. The van der Waals surface area contributed by atoms with Crippen molar-refractivity contribution in [2.45, 2.75) is 18.9 Å². The fourth-order valence-electron chi connectivity index (χ4n) is 3.41. The average molecular weight is 443 g/mol. The van der Waals surface area contributed by atoms with Crippen molar-refractivity contribution in [3.05, 3.63) is 47.0 Å². The monoisotopic (exact) mass is 442 g/mol. The van der Waals surface area contributed by atoms with Gasteiger partial charge in [-0.2, -0.15) is 0 Å². The third-order valence-electron chi connectivity index (χ3n) is 4.61. The molecule has 0 saturated carbocycles. The maximum Gasteiger partial charge on any atom is 0.469 e. The van der Waals surface area contributed by atoms with Gasteiger partial charge in [0, 0.05) is 36.9 Å². The van der Waals surface area contributed by atoms with Gasteiger partial charge in [0.1, 0.15) is 5.82 Å². The molecule has 148 valence electrons. The standard InChI is InChI=1S/C17H17Cl2N4O4P/c18-13-4-3-12-14(23-7-5-20-10-23)8-15(21-17(12)16(13)19)22-6-1-2-11(9-22)27-28(24,25)26/h3-5,7-8,10-11H,1-2,6,9H2,(H2,24,25,26). The molecule has 0 amide bonds. The second-order valence-corrected chi connectivity index (χ2v) is 8.51. The van der Waals surface area contributed by atoms with E-state index in [0.29, 0.717) is 47.3 Å². The molecule has 0 aliphatic carbocycles. The van der Waals surface area contributed by atoms with Crippen LogP contribution < -0.4 is 4.90 Å². The minimum atomic E-state index is -4.55. The highest BCUT2D eigenvalue weighted by molar-refractivity contribution is 7.46. The van der Waals surface area contributed by atoms with Gasteiger partial charge in [0.2, 0.25) is 0 Å². The molecular formula is C17H17Cl2N4O4P. The van der Waals surface area contributed by atoms with Crippen LogP contribution in [0.5, 0.6) is 0 Å². The molecule has 0 bridgehead atoms. The van der Waals surface area contributed by atoms with Crippen LogP contribution in [0.25, 0.3) is 16.6 Å². The van der Waals surface area contributed by atoms with Crippen molar-refractivity contribution in [1.29, 1.82) is 0 Å². The quantitative estimate of drug-likeness (QED) is 0.592. The molecule has 4 rings (SSSR count). The van der Waals surface area contributed by atoms with Gasteiger partial charge in [0.05, 0.1) is 33.7 Å². The summed E-state index contributed by atoms with van der Waals surface area (Å²) >= 11 is 12.6. The van der Waals surface area contributed by atoms with Gasteiger partial charge in [-0.15, -0.1) is 0 Å². The van der Waals surface area contributed by atoms with E-state index in [0.717, 1.165) is 11.1 Å². The van der Waals surface area contributed by atoms with Crippen LogP contribution in [-0.2, 0) is 9.09 Å². The Kier molecular flexibility index (Phi) is 5.35. The van der Waals surface area contributed by atoms with E-state index < -0.39 is 13.9 Å². The fraction of sp³-hybridized carbons (Fsp3) is 0.294. The van der Waals surface area contributed by atoms with E-state index in [-0.39, 0.29) is 0 Å². The highest BCUT2D eigenvalue weighted by Gasteiger charge is 2.28. The number of hydrogen-bond acceptors (Lipinski definition) is 5. The van der Waals surface area contributed by atoms with Gasteiger partial charge in [-0.3, -0.25) is 4.52 Å². The van der Waals surface area contributed by atoms with Crippen LogP contribution >= 0.6 is 31.0 Å². The third-order valence-corrected chi connectivity index (χ3v) is 5.98. The summed E-state index contributed by atoms with van der Waals surface area (Å²) in [5.41, 5.74) is 1.38. The number of phosphoric acid groups is 1. The van der Waals surface area contributed by atoms with E-state index in [9.17, 15) is 4.57 Å². The van der Waals surface area contributed by atoms with Crippen molar-refractivity contribution in [3.8, 4) is 5.69 Å². The zero-order chi connectivity index (χ0) is 19.9. The Hall–Kier alpha value is -1.67. The predicted octanol–water partition coefficient (Wildman–Crippen LogP) is 3.81. The number of phosphoric ester groups is 1. The maximum absolute atomic E-state index is 11.2. The Labute approximate surface area is 170 Å². The number of halogens is 2. The van der Waals surface area contributed by atoms with Crippen molar-refractivity contribution < 1.29 is 18.9 Å². The first-order chi connectivity index (χ1) is 13.3. The average Bonchev–Trinajstić information content (AvgIpc) is 3.17. The Morgan fingerprint density at radius 3 is 2.82 bits per heavy atom. The number of fused-ring (bicyclic) bond motifs is 1. The fourth-order valence-corrected chi connectivity index (χ4v) is 4.33. The van der Waals surface area contributed by atoms with Crippen molar-refractivity contribution in [2.75, 3.05) is 18.0 Å². The molecule has 1 fully saturated rings. The second kappa shape index (κ2) is 7.63. The Morgan fingerprint density at radius 2 is 2.11 bits per heavy atom. The molecular weight excluding hydrogens is 426 g/mol. The molecule has 11 heteroatoms. The first-order valence-electron chi connectivity index (χ1n) is 8.58. The summed E-state index contributed by atoms with van der Waals surface area (Å²) in [6, 6.07) is 5.47. The molecule has 1 saturated heterocycles. The van der Waals surface area contributed by atoms with Gasteiger partial charge in [-0.1, -0.05) is 23.2 Å². The Bertz CT molecular complexity index is 1060. The van der Waals surface area contributed by atoms with E-state index in [1.165, 1.54) is 0 Å². The smallest absolute Gasteiger partial charge is 0.354 e. The number of aromatic nitrogens is 3. The lowest BCUT2D eigenvalue weighted by atomic mass is 10.1. The summed E-state index contributed by atoms with van der Waals surface area (Å²) in [4.78, 5) is 29.0. The molecule has 2 aromatic heterocycles. The van der Waals surface area contributed by atoms with Crippen LogP contribution in [0.4, 0.5) is 5.82 Å². The van der Waals surface area contributed by atoms with Gasteiger partial charge in [-0.05, 0) is 25.0 Å². The van der Waals surface area contributed by atoms with Gasteiger partial charge >= 0.3 is 7.82 Å². The zero-order valence-corrected chi connectivity index (χ0v) is 17.0. The molecule has 1 atom stereocenters. The lowest BCUT2D eigenvalue weighted by Crippen LogP contribution is -2.39. The Morgan fingerprint density at radius 1 is 1.29 bits per heavy atom. The minimum Gasteiger partial charge on any atom is -0.354 e. The number of imidazole rings is 1. The van der Waals surface area contributed by atoms with Crippen molar-refractivity contribution in [2.24, 2.45) is 0 Å².